The first-order chi connectivity index (χ1) is 15.0. The number of fused-ring (bicyclic) bond motifs is 1. The Morgan fingerprint density at radius 2 is 1.87 bits per heavy atom. The lowest BCUT2D eigenvalue weighted by Crippen LogP contribution is -2.03. The molecule has 1 heterocycles. The minimum atomic E-state index is -0.968. The van der Waals surface area contributed by atoms with Gasteiger partial charge in [-0.1, -0.05) is 46.3 Å². The average molecular weight is 478 g/mol. The second kappa shape index (κ2) is 9.18. The van der Waals surface area contributed by atoms with Gasteiger partial charge in [0.05, 0.1) is 24.8 Å². The summed E-state index contributed by atoms with van der Waals surface area (Å²) in [5.41, 5.74) is 4.30. The third-order valence-corrected chi connectivity index (χ3v) is 5.43. The van der Waals surface area contributed by atoms with E-state index >= 15 is 0 Å². The number of hydrogen-bond acceptors (Lipinski definition) is 4. The van der Waals surface area contributed by atoms with E-state index in [0.29, 0.717) is 24.7 Å². The first kappa shape index (κ1) is 20.9. The van der Waals surface area contributed by atoms with Crippen LogP contribution in [0.1, 0.15) is 15.9 Å². The van der Waals surface area contributed by atoms with Gasteiger partial charge < -0.3 is 14.6 Å². The molecule has 0 unspecified atom stereocenters. The van der Waals surface area contributed by atoms with Crippen molar-refractivity contribution in [3.63, 3.8) is 0 Å². The summed E-state index contributed by atoms with van der Waals surface area (Å²) in [4.78, 5) is 15.6. The fourth-order valence-electron chi connectivity index (χ4n) is 3.42. The lowest BCUT2D eigenvalue weighted by Gasteiger charge is -2.12. The van der Waals surface area contributed by atoms with Crippen LogP contribution in [0.3, 0.4) is 0 Å². The molecule has 156 valence electrons. The molecule has 0 aliphatic heterocycles. The lowest BCUT2D eigenvalue weighted by molar-refractivity contribution is 0.0696. The predicted octanol–water partition coefficient (Wildman–Crippen LogP) is 5.99. The third kappa shape index (κ3) is 4.86. The maximum atomic E-state index is 11.1. The zero-order valence-electron chi connectivity index (χ0n) is 16.8. The summed E-state index contributed by atoms with van der Waals surface area (Å²) in [5.74, 6) is 0.146. The van der Waals surface area contributed by atoms with Gasteiger partial charge in [0.2, 0.25) is 5.88 Å². The van der Waals surface area contributed by atoms with E-state index in [0.717, 1.165) is 32.1 Å². The van der Waals surface area contributed by atoms with Crippen molar-refractivity contribution < 1.29 is 19.4 Å². The molecular formula is C25H20BrNO4. The number of ether oxygens (including phenoxy) is 2. The van der Waals surface area contributed by atoms with Crippen molar-refractivity contribution in [2.24, 2.45) is 0 Å². The molecule has 0 atom stereocenters. The number of carboxylic acids is 1. The van der Waals surface area contributed by atoms with Crippen LogP contribution in [-0.2, 0) is 6.42 Å². The van der Waals surface area contributed by atoms with E-state index in [4.69, 9.17) is 14.6 Å². The summed E-state index contributed by atoms with van der Waals surface area (Å²) in [5, 5.41) is 10.1. The Kier molecular flexibility index (Phi) is 6.18. The van der Waals surface area contributed by atoms with E-state index in [1.165, 1.54) is 6.07 Å². The summed E-state index contributed by atoms with van der Waals surface area (Å²) < 4.78 is 12.2. The fraction of sp³-hybridized carbons (Fsp3) is 0.120. The minimum absolute atomic E-state index is 0.212. The number of aromatic nitrogens is 1. The Balaban J connectivity index is 1.57. The molecule has 0 aliphatic carbocycles. The molecule has 4 rings (SSSR count). The van der Waals surface area contributed by atoms with Crippen molar-refractivity contribution >= 4 is 32.8 Å². The van der Waals surface area contributed by atoms with Gasteiger partial charge in [-0.15, -0.1) is 0 Å². The molecule has 0 aliphatic rings. The minimum Gasteiger partial charge on any atom is -0.493 e. The molecule has 1 N–H and O–H groups in total. The highest BCUT2D eigenvalue weighted by atomic mass is 79.9. The Labute approximate surface area is 188 Å². The fourth-order valence-corrected chi connectivity index (χ4v) is 3.78. The normalized spacial score (nSPS) is 10.8. The van der Waals surface area contributed by atoms with Crippen molar-refractivity contribution in [2.45, 2.75) is 6.42 Å². The molecule has 3 aromatic carbocycles. The zero-order chi connectivity index (χ0) is 21.8. The number of methoxy groups -OCH3 is 1. The molecule has 0 bridgehead atoms. The molecule has 0 saturated carbocycles. The van der Waals surface area contributed by atoms with Crippen LogP contribution in [0.15, 0.2) is 77.3 Å². The second-order valence-corrected chi connectivity index (χ2v) is 7.92. The number of carboxylic acid groups (broad SMARTS) is 1. The molecule has 5 nitrogen and oxygen atoms in total. The van der Waals surface area contributed by atoms with Crippen molar-refractivity contribution in [1.29, 1.82) is 0 Å². The van der Waals surface area contributed by atoms with Crippen molar-refractivity contribution in [3.05, 3.63) is 88.4 Å². The van der Waals surface area contributed by atoms with Gasteiger partial charge in [-0.3, -0.25) is 0 Å². The first-order valence-corrected chi connectivity index (χ1v) is 10.5. The van der Waals surface area contributed by atoms with Crippen LogP contribution in [0, 0.1) is 0 Å². The van der Waals surface area contributed by atoms with Crippen molar-refractivity contribution in [2.75, 3.05) is 13.7 Å². The van der Waals surface area contributed by atoms with E-state index < -0.39 is 5.97 Å². The monoisotopic (exact) mass is 477 g/mol. The van der Waals surface area contributed by atoms with Crippen LogP contribution in [0.2, 0.25) is 0 Å². The van der Waals surface area contributed by atoms with Gasteiger partial charge in [-0.2, -0.15) is 0 Å². The topological polar surface area (TPSA) is 68.7 Å². The van der Waals surface area contributed by atoms with E-state index in [9.17, 15) is 4.79 Å². The summed E-state index contributed by atoms with van der Waals surface area (Å²) in [6, 6.07) is 22.7. The Hall–Kier alpha value is -3.38. The number of rotatable bonds is 7. The van der Waals surface area contributed by atoms with Gasteiger partial charge in [-0.25, -0.2) is 9.78 Å². The maximum absolute atomic E-state index is 11.1. The summed E-state index contributed by atoms with van der Waals surface area (Å²) >= 11 is 3.55. The standard InChI is InChI=1S/C25H20BrNO4/c1-30-24-15-21(22-14-19(26)8-9-23(22)27-24)17-5-2-4-16(12-17)10-11-31-20-7-3-6-18(13-20)25(28)29/h2-9,12-15H,10-11H2,1H3,(H,28,29). The number of carbonyl (C=O) groups is 1. The number of pyridine rings is 1. The second-order valence-electron chi connectivity index (χ2n) is 7.01. The molecule has 0 amide bonds. The molecule has 1 aromatic heterocycles. The number of nitrogens with zero attached hydrogens (tertiary/aromatic N) is 1. The van der Waals surface area contributed by atoms with E-state index in [2.05, 4.69) is 45.2 Å². The molecule has 0 radical (unpaired) electrons. The number of benzene rings is 3. The van der Waals surface area contributed by atoms with Crippen molar-refractivity contribution in [3.8, 4) is 22.8 Å². The van der Waals surface area contributed by atoms with Crippen LogP contribution < -0.4 is 9.47 Å². The maximum Gasteiger partial charge on any atom is 0.335 e. The van der Waals surface area contributed by atoms with Gasteiger partial charge in [0.25, 0.3) is 0 Å². The zero-order valence-corrected chi connectivity index (χ0v) is 18.4. The van der Waals surface area contributed by atoms with Crippen LogP contribution in [-0.4, -0.2) is 29.8 Å². The highest BCUT2D eigenvalue weighted by Crippen LogP contribution is 2.33. The first-order valence-electron chi connectivity index (χ1n) is 9.73. The molecule has 31 heavy (non-hydrogen) atoms. The molecule has 4 aromatic rings. The van der Waals surface area contributed by atoms with Gasteiger partial charge in [0.15, 0.2) is 0 Å². The Morgan fingerprint density at radius 1 is 1.03 bits per heavy atom. The number of aromatic carboxylic acids is 1. The molecule has 0 spiro atoms. The van der Waals surface area contributed by atoms with E-state index in [1.54, 1.807) is 25.3 Å². The Bertz CT molecular complexity index is 1260. The predicted molar refractivity (Wildman–Crippen MR) is 124 cm³/mol. The van der Waals surface area contributed by atoms with Crippen molar-refractivity contribution in [1.82, 2.24) is 4.98 Å². The molecule has 6 heteroatoms. The molecular weight excluding hydrogens is 458 g/mol. The number of halogens is 1. The highest BCUT2D eigenvalue weighted by molar-refractivity contribution is 9.10. The quantitative estimate of drug-likeness (QED) is 0.353. The molecule has 0 fully saturated rings. The summed E-state index contributed by atoms with van der Waals surface area (Å²) in [7, 11) is 1.61. The van der Waals surface area contributed by atoms with E-state index in [1.807, 2.05) is 24.3 Å². The van der Waals surface area contributed by atoms with Gasteiger partial charge in [-0.05, 0) is 53.1 Å². The lowest BCUT2D eigenvalue weighted by atomic mass is 9.98. The number of hydrogen-bond donors (Lipinski definition) is 1. The smallest absolute Gasteiger partial charge is 0.335 e. The van der Waals surface area contributed by atoms with Crippen LogP contribution in [0.25, 0.3) is 22.0 Å². The van der Waals surface area contributed by atoms with Crippen LogP contribution in [0.5, 0.6) is 11.6 Å². The Morgan fingerprint density at radius 3 is 2.68 bits per heavy atom. The SMILES string of the molecule is COc1cc(-c2cccc(CCOc3cccc(C(=O)O)c3)c2)c2cc(Br)ccc2n1. The summed E-state index contributed by atoms with van der Waals surface area (Å²) in [6.07, 6.45) is 0.689. The van der Waals surface area contributed by atoms with Gasteiger partial charge >= 0.3 is 5.97 Å². The van der Waals surface area contributed by atoms with Crippen LogP contribution in [0.4, 0.5) is 0 Å². The largest absolute Gasteiger partial charge is 0.493 e. The van der Waals surface area contributed by atoms with E-state index in [-0.39, 0.29) is 5.56 Å². The van der Waals surface area contributed by atoms with Gasteiger partial charge in [0.1, 0.15) is 5.75 Å². The average Bonchev–Trinajstić information content (AvgIpc) is 2.79. The van der Waals surface area contributed by atoms with Crippen LogP contribution >= 0.6 is 15.9 Å². The molecule has 0 saturated heterocycles. The highest BCUT2D eigenvalue weighted by Gasteiger charge is 2.10. The summed E-state index contributed by atoms with van der Waals surface area (Å²) in [6.45, 7) is 0.443. The third-order valence-electron chi connectivity index (χ3n) is 4.93. The van der Waals surface area contributed by atoms with Gasteiger partial charge in [0, 0.05) is 22.3 Å².